The van der Waals surface area contributed by atoms with Crippen LogP contribution in [0.3, 0.4) is 0 Å². The van der Waals surface area contributed by atoms with Crippen LogP contribution in [0.5, 0.6) is 0 Å². The zero-order valence-corrected chi connectivity index (χ0v) is 8.64. The molecule has 1 unspecified atom stereocenters. The van der Waals surface area contributed by atoms with Crippen LogP contribution in [0, 0.1) is 5.92 Å². The number of nitrogens with one attached hydrogen (secondary N) is 1. The monoisotopic (exact) mass is 173 g/mol. The number of aliphatic hydroxyl groups excluding tert-OH is 1. The smallest absolute Gasteiger partial charge is 0.107 e. The molecular formula is C10H23NO. The normalized spacial score (nSPS) is 13.8. The zero-order valence-electron chi connectivity index (χ0n) is 8.64. The number of hydrogen-bond donors (Lipinski definition) is 2. The van der Waals surface area contributed by atoms with Crippen LogP contribution in [-0.2, 0) is 0 Å². The van der Waals surface area contributed by atoms with Crippen molar-refractivity contribution in [3.8, 4) is 0 Å². The Kier molecular flexibility index (Phi) is 7.51. The predicted octanol–water partition coefficient (Wildman–Crippen LogP) is 2.13. The lowest BCUT2D eigenvalue weighted by atomic mass is 10.0. The van der Waals surface area contributed by atoms with E-state index < -0.39 is 0 Å². The molecule has 0 aliphatic rings. The van der Waals surface area contributed by atoms with Crippen LogP contribution in [0.4, 0.5) is 0 Å². The van der Waals surface area contributed by atoms with Crippen molar-refractivity contribution in [3.05, 3.63) is 0 Å². The van der Waals surface area contributed by atoms with E-state index in [2.05, 4.69) is 26.1 Å². The summed E-state index contributed by atoms with van der Waals surface area (Å²) in [5.74, 6) is 0.418. The maximum absolute atomic E-state index is 9.62. The lowest BCUT2D eigenvalue weighted by molar-refractivity contribution is 0.0704. The van der Waals surface area contributed by atoms with Gasteiger partial charge in [-0.15, -0.1) is 0 Å². The minimum Gasteiger partial charge on any atom is -0.378 e. The highest BCUT2D eigenvalue weighted by atomic mass is 16.3. The Morgan fingerprint density at radius 1 is 1.17 bits per heavy atom. The summed E-state index contributed by atoms with van der Waals surface area (Å²) in [6.07, 6.45) is 4.14. The molecule has 0 radical (unpaired) electrons. The molecule has 0 aromatic carbocycles. The third-order valence-corrected chi connectivity index (χ3v) is 2.38. The van der Waals surface area contributed by atoms with Gasteiger partial charge < -0.3 is 5.11 Å². The summed E-state index contributed by atoms with van der Waals surface area (Å²) < 4.78 is 0. The van der Waals surface area contributed by atoms with E-state index in [1.54, 1.807) is 0 Å². The van der Waals surface area contributed by atoms with E-state index in [-0.39, 0.29) is 6.23 Å². The van der Waals surface area contributed by atoms with Crippen molar-refractivity contribution in [2.45, 2.75) is 52.7 Å². The summed E-state index contributed by atoms with van der Waals surface area (Å²) in [6, 6.07) is 0. The summed E-state index contributed by atoms with van der Waals surface area (Å²) >= 11 is 0. The van der Waals surface area contributed by atoms with Gasteiger partial charge in [0.25, 0.3) is 0 Å². The summed E-state index contributed by atoms with van der Waals surface area (Å²) in [5, 5.41) is 12.8. The summed E-state index contributed by atoms with van der Waals surface area (Å²) in [5.41, 5.74) is 0. The van der Waals surface area contributed by atoms with Crippen LogP contribution >= 0.6 is 0 Å². The molecule has 1 atom stereocenters. The first-order valence-electron chi connectivity index (χ1n) is 5.17. The first-order valence-corrected chi connectivity index (χ1v) is 5.17. The van der Waals surface area contributed by atoms with E-state index in [9.17, 15) is 5.11 Å². The van der Waals surface area contributed by atoms with Crippen LogP contribution in [0.1, 0.15) is 46.5 Å². The molecule has 0 aliphatic carbocycles. The highest BCUT2D eigenvalue weighted by Gasteiger charge is 2.13. The molecule has 2 N–H and O–H groups in total. The quantitative estimate of drug-likeness (QED) is 0.456. The molecule has 2 heteroatoms. The molecule has 0 heterocycles. The highest BCUT2D eigenvalue weighted by molar-refractivity contribution is 4.63. The molecule has 0 bridgehead atoms. The van der Waals surface area contributed by atoms with Gasteiger partial charge >= 0.3 is 0 Å². The SMILES string of the molecule is CCCCNC(O)C(CC)CC. The topological polar surface area (TPSA) is 32.3 Å². The Labute approximate surface area is 76.4 Å². The fourth-order valence-electron chi connectivity index (χ4n) is 1.33. The standard InChI is InChI=1S/C10H23NO/c1-4-7-8-11-10(12)9(5-2)6-3/h9-12H,4-8H2,1-3H3. The zero-order chi connectivity index (χ0) is 9.40. The molecule has 12 heavy (non-hydrogen) atoms. The van der Waals surface area contributed by atoms with Crippen molar-refractivity contribution in [1.29, 1.82) is 0 Å². The van der Waals surface area contributed by atoms with Crippen LogP contribution in [0.25, 0.3) is 0 Å². The van der Waals surface area contributed by atoms with E-state index in [1.807, 2.05) is 0 Å². The lowest BCUT2D eigenvalue weighted by Gasteiger charge is -2.20. The Hall–Kier alpha value is -0.0800. The molecule has 0 saturated heterocycles. The van der Waals surface area contributed by atoms with Crippen LogP contribution < -0.4 is 5.32 Å². The van der Waals surface area contributed by atoms with Gasteiger partial charge in [0.05, 0.1) is 0 Å². The van der Waals surface area contributed by atoms with E-state index >= 15 is 0 Å². The average molecular weight is 173 g/mol. The molecule has 74 valence electrons. The second-order valence-corrected chi connectivity index (χ2v) is 3.33. The molecule has 0 fully saturated rings. The summed E-state index contributed by atoms with van der Waals surface area (Å²) in [4.78, 5) is 0. The van der Waals surface area contributed by atoms with Gasteiger partial charge in [0.1, 0.15) is 6.23 Å². The Balaban J connectivity index is 3.47. The summed E-state index contributed by atoms with van der Waals surface area (Å²) in [7, 11) is 0. The van der Waals surface area contributed by atoms with Gasteiger partial charge in [0, 0.05) is 0 Å². The Morgan fingerprint density at radius 3 is 2.17 bits per heavy atom. The van der Waals surface area contributed by atoms with Crippen LogP contribution in [0.2, 0.25) is 0 Å². The molecule has 0 rings (SSSR count). The van der Waals surface area contributed by atoms with Gasteiger partial charge in [-0.3, -0.25) is 5.32 Å². The molecule has 0 amide bonds. The van der Waals surface area contributed by atoms with Gasteiger partial charge in [-0.1, -0.05) is 27.2 Å². The molecule has 0 saturated carbocycles. The van der Waals surface area contributed by atoms with Gasteiger partial charge in [0.15, 0.2) is 0 Å². The van der Waals surface area contributed by atoms with Crippen molar-refractivity contribution >= 4 is 0 Å². The fraction of sp³-hybridized carbons (Fsp3) is 1.00. The summed E-state index contributed by atoms with van der Waals surface area (Å²) in [6.45, 7) is 7.34. The van der Waals surface area contributed by atoms with E-state index in [0.717, 1.165) is 25.8 Å². The van der Waals surface area contributed by atoms with E-state index in [0.29, 0.717) is 5.92 Å². The Bertz CT molecular complexity index is 91.8. The third-order valence-electron chi connectivity index (χ3n) is 2.38. The van der Waals surface area contributed by atoms with Crippen molar-refractivity contribution < 1.29 is 5.11 Å². The largest absolute Gasteiger partial charge is 0.378 e. The second kappa shape index (κ2) is 7.56. The van der Waals surface area contributed by atoms with Gasteiger partial charge in [-0.2, -0.15) is 0 Å². The molecular weight excluding hydrogens is 150 g/mol. The van der Waals surface area contributed by atoms with Gasteiger partial charge in [0.2, 0.25) is 0 Å². The first kappa shape index (κ1) is 11.9. The van der Waals surface area contributed by atoms with Crippen LogP contribution in [0.15, 0.2) is 0 Å². The first-order chi connectivity index (χ1) is 5.76. The van der Waals surface area contributed by atoms with Crippen molar-refractivity contribution in [2.24, 2.45) is 5.92 Å². The highest BCUT2D eigenvalue weighted by Crippen LogP contribution is 2.10. The number of aliphatic hydroxyl groups is 1. The van der Waals surface area contributed by atoms with Gasteiger partial charge in [-0.25, -0.2) is 0 Å². The van der Waals surface area contributed by atoms with Crippen molar-refractivity contribution in [1.82, 2.24) is 5.32 Å². The molecule has 0 spiro atoms. The minimum absolute atomic E-state index is 0.299. The second-order valence-electron chi connectivity index (χ2n) is 3.33. The maximum atomic E-state index is 9.62. The van der Waals surface area contributed by atoms with Crippen molar-refractivity contribution in [2.75, 3.05) is 6.54 Å². The predicted molar refractivity (Wildman–Crippen MR) is 53.0 cm³/mol. The van der Waals surface area contributed by atoms with Gasteiger partial charge in [-0.05, 0) is 31.7 Å². The lowest BCUT2D eigenvalue weighted by Crippen LogP contribution is -2.36. The van der Waals surface area contributed by atoms with Crippen molar-refractivity contribution in [3.63, 3.8) is 0 Å². The fourth-order valence-corrected chi connectivity index (χ4v) is 1.33. The average Bonchev–Trinajstić information content (AvgIpc) is 2.07. The van der Waals surface area contributed by atoms with E-state index in [4.69, 9.17) is 0 Å². The molecule has 0 aromatic rings. The third kappa shape index (κ3) is 4.73. The molecule has 2 nitrogen and oxygen atoms in total. The number of rotatable bonds is 7. The van der Waals surface area contributed by atoms with Crippen LogP contribution in [-0.4, -0.2) is 17.9 Å². The number of hydrogen-bond acceptors (Lipinski definition) is 2. The molecule has 0 aliphatic heterocycles. The number of unbranched alkanes of at least 4 members (excludes halogenated alkanes) is 1. The molecule has 0 aromatic heterocycles. The minimum atomic E-state index is -0.299. The maximum Gasteiger partial charge on any atom is 0.107 e. The Morgan fingerprint density at radius 2 is 1.75 bits per heavy atom. The van der Waals surface area contributed by atoms with E-state index in [1.165, 1.54) is 6.42 Å².